The highest BCUT2D eigenvalue weighted by atomic mass is 16.2. The molecule has 94 valence electrons. The Bertz CT molecular complexity index is 595. The molecule has 0 bridgehead atoms. The minimum Gasteiger partial charge on any atom is -0.298 e. The zero-order valence-electron chi connectivity index (χ0n) is 9.98. The van der Waals surface area contributed by atoms with Gasteiger partial charge in [0.25, 0.3) is 5.91 Å². The van der Waals surface area contributed by atoms with Gasteiger partial charge >= 0.3 is 0 Å². The number of anilines is 1. The molecule has 0 saturated heterocycles. The molecule has 2 rings (SSSR count). The van der Waals surface area contributed by atoms with E-state index in [2.05, 4.69) is 15.3 Å². The maximum atomic E-state index is 11.9. The predicted octanol–water partition coefficient (Wildman–Crippen LogP) is 1.70. The molecule has 1 aromatic carbocycles. The number of amides is 1. The normalized spacial score (nSPS) is 10.8. The van der Waals surface area contributed by atoms with Crippen molar-refractivity contribution in [3.8, 4) is 0 Å². The van der Waals surface area contributed by atoms with Gasteiger partial charge in [0.2, 0.25) is 5.95 Å². The van der Waals surface area contributed by atoms with E-state index in [1.807, 2.05) is 18.2 Å². The number of hydrogen-bond acceptors (Lipinski definition) is 4. The Morgan fingerprint density at radius 2 is 1.74 bits per heavy atom. The highest BCUT2D eigenvalue weighted by Gasteiger charge is 2.09. The Morgan fingerprint density at radius 1 is 1.05 bits per heavy atom. The maximum Gasteiger partial charge on any atom is 0.261 e. The van der Waals surface area contributed by atoms with Crippen molar-refractivity contribution < 1.29 is 9.59 Å². The lowest BCUT2D eigenvalue weighted by Gasteiger charge is -2.02. The molecule has 19 heavy (non-hydrogen) atoms. The van der Waals surface area contributed by atoms with Crippen LogP contribution in [0.2, 0.25) is 0 Å². The average Bonchev–Trinajstić information content (AvgIpc) is 2.47. The van der Waals surface area contributed by atoms with Crippen LogP contribution in [0.1, 0.15) is 5.56 Å². The molecule has 1 heterocycles. The van der Waals surface area contributed by atoms with E-state index in [4.69, 9.17) is 0 Å². The molecule has 1 aromatic heterocycles. The van der Waals surface area contributed by atoms with Crippen LogP contribution in [-0.4, -0.2) is 22.2 Å². The third-order valence-electron chi connectivity index (χ3n) is 2.30. The molecule has 5 heteroatoms. The summed E-state index contributed by atoms with van der Waals surface area (Å²) < 4.78 is 0. The minimum atomic E-state index is -0.537. The van der Waals surface area contributed by atoms with Gasteiger partial charge in [-0.3, -0.25) is 14.9 Å². The topological polar surface area (TPSA) is 72.0 Å². The number of nitrogens with one attached hydrogen (secondary N) is 1. The standard InChI is InChI=1S/C14H11N3O2/c18-10-12(9-11-5-2-1-3-6-11)13(19)17-14-15-7-4-8-16-14/h1-10H,(H,15,16,17,19). The number of carbonyl (C=O) groups excluding carboxylic acids is 2. The van der Waals surface area contributed by atoms with Crippen LogP contribution in [0, 0.1) is 0 Å². The van der Waals surface area contributed by atoms with Crippen LogP contribution >= 0.6 is 0 Å². The van der Waals surface area contributed by atoms with Gasteiger partial charge in [-0.1, -0.05) is 30.3 Å². The van der Waals surface area contributed by atoms with E-state index in [1.54, 1.807) is 18.2 Å². The van der Waals surface area contributed by atoms with Crippen molar-refractivity contribution in [2.75, 3.05) is 5.32 Å². The molecule has 0 fully saturated rings. The van der Waals surface area contributed by atoms with Crippen LogP contribution < -0.4 is 5.32 Å². The molecule has 0 aliphatic rings. The van der Waals surface area contributed by atoms with Crippen LogP contribution in [0.15, 0.2) is 54.4 Å². The Morgan fingerprint density at radius 3 is 2.37 bits per heavy atom. The van der Waals surface area contributed by atoms with Gasteiger partial charge in [0, 0.05) is 12.4 Å². The molecule has 2 aromatic rings. The average molecular weight is 253 g/mol. The lowest BCUT2D eigenvalue weighted by atomic mass is 10.1. The quantitative estimate of drug-likeness (QED) is 0.389. The van der Waals surface area contributed by atoms with Crippen molar-refractivity contribution in [1.29, 1.82) is 0 Å². The largest absolute Gasteiger partial charge is 0.298 e. The third-order valence-corrected chi connectivity index (χ3v) is 2.30. The monoisotopic (exact) mass is 253 g/mol. The molecule has 0 radical (unpaired) electrons. The van der Waals surface area contributed by atoms with E-state index in [9.17, 15) is 9.59 Å². The van der Waals surface area contributed by atoms with Gasteiger partial charge in [0.1, 0.15) is 0 Å². The fourth-order valence-electron chi connectivity index (χ4n) is 1.42. The number of aromatic nitrogens is 2. The van der Waals surface area contributed by atoms with Crippen molar-refractivity contribution in [1.82, 2.24) is 9.97 Å². The molecule has 0 aliphatic heterocycles. The van der Waals surface area contributed by atoms with Crippen molar-refractivity contribution in [3.63, 3.8) is 0 Å². The van der Waals surface area contributed by atoms with Crippen LogP contribution in [0.5, 0.6) is 0 Å². The fourth-order valence-corrected chi connectivity index (χ4v) is 1.42. The number of nitrogens with zero attached hydrogens (tertiary/aromatic N) is 2. The van der Waals surface area contributed by atoms with E-state index in [0.717, 1.165) is 5.56 Å². The molecule has 1 N–H and O–H groups in total. The van der Waals surface area contributed by atoms with Crippen molar-refractivity contribution in [2.24, 2.45) is 0 Å². The number of hydrogen-bond donors (Lipinski definition) is 1. The zero-order valence-corrected chi connectivity index (χ0v) is 9.98. The molecule has 0 spiro atoms. The summed E-state index contributed by atoms with van der Waals surface area (Å²) in [5.74, 6) is -0.377. The molecular weight excluding hydrogens is 242 g/mol. The van der Waals surface area contributed by atoms with Crippen molar-refractivity contribution >= 4 is 24.2 Å². The predicted molar refractivity (Wildman–Crippen MR) is 71.1 cm³/mol. The molecule has 1 amide bonds. The van der Waals surface area contributed by atoms with E-state index < -0.39 is 5.91 Å². The van der Waals surface area contributed by atoms with Gasteiger partial charge in [-0.25, -0.2) is 9.97 Å². The number of aldehydes is 1. The van der Waals surface area contributed by atoms with E-state index in [1.165, 1.54) is 18.5 Å². The second kappa shape index (κ2) is 6.20. The van der Waals surface area contributed by atoms with Crippen LogP contribution in [0.3, 0.4) is 0 Å². The van der Waals surface area contributed by atoms with Gasteiger partial charge in [0.15, 0.2) is 6.29 Å². The number of benzene rings is 1. The molecular formula is C14H11N3O2. The number of rotatable bonds is 4. The first-order valence-corrected chi connectivity index (χ1v) is 5.60. The van der Waals surface area contributed by atoms with E-state index in [-0.39, 0.29) is 11.5 Å². The molecule has 0 unspecified atom stereocenters. The molecule has 5 nitrogen and oxygen atoms in total. The minimum absolute atomic E-state index is 0.0126. The first-order chi connectivity index (χ1) is 9.29. The summed E-state index contributed by atoms with van der Waals surface area (Å²) >= 11 is 0. The van der Waals surface area contributed by atoms with Gasteiger partial charge in [-0.2, -0.15) is 0 Å². The maximum absolute atomic E-state index is 11.9. The summed E-state index contributed by atoms with van der Waals surface area (Å²) in [7, 11) is 0. The van der Waals surface area contributed by atoms with E-state index >= 15 is 0 Å². The highest BCUT2D eigenvalue weighted by Crippen LogP contribution is 2.07. The Kier molecular flexibility index (Phi) is 4.12. The summed E-state index contributed by atoms with van der Waals surface area (Å²) in [4.78, 5) is 30.5. The first kappa shape index (κ1) is 12.6. The number of carbonyl (C=O) groups is 2. The smallest absolute Gasteiger partial charge is 0.261 e. The summed E-state index contributed by atoms with van der Waals surface area (Å²) in [6, 6.07) is 10.7. The van der Waals surface area contributed by atoms with Gasteiger partial charge in [-0.05, 0) is 17.7 Å². The van der Waals surface area contributed by atoms with Crippen LogP contribution in [0.4, 0.5) is 5.95 Å². The Balaban J connectivity index is 2.16. The Hall–Kier alpha value is -2.82. The molecule has 0 saturated carbocycles. The summed E-state index contributed by atoms with van der Waals surface area (Å²) in [5, 5.41) is 2.45. The summed E-state index contributed by atoms with van der Waals surface area (Å²) in [6.45, 7) is 0. The third kappa shape index (κ3) is 3.57. The van der Waals surface area contributed by atoms with Crippen LogP contribution in [0.25, 0.3) is 6.08 Å². The van der Waals surface area contributed by atoms with E-state index in [0.29, 0.717) is 6.29 Å². The van der Waals surface area contributed by atoms with Gasteiger partial charge in [0.05, 0.1) is 5.57 Å². The second-order valence-electron chi connectivity index (χ2n) is 3.65. The SMILES string of the molecule is O=CC(=Cc1ccccc1)C(=O)Nc1ncccn1. The van der Waals surface area contributed by atoms with Gasteiger partial charge in [-0.15, -0.1) is 0 Å². The molecule has 0 aliphatic carbocycles. The second-order valence-corrected chi connectivity index (χ2v) is 3.65. The lowest BCUT2D eigenvalue weighted by Crippen LogP contribution is -2.16. The first-order valence-electron chi connectivity index (χ1n) is 5.60. The zero-order chi connectivity index (χ0) is 13.5. The van der Waals surface area contributed by atoms with Crippen molar-refractivity contribution in [3.05, 3.63) is 59.9 Å². The summed E-state index contributed by atoms with van der Waals surface area (Å²) in [5.41, 5.74) is 0.785. The summed E-state index contributed by atoms with van der Waals surface area (Å²) in [6.07, 6.45) is 5.02. The molecule has 0 atom stereocenters. The Labute approximate surface area is 110 Å². The van der Waals surface area contributed by atoms with Crippen molar-refractivity contribution in [2.45, 2.75) is 0 Å². The fraction of sp³-hybridized carbons (Fsp3) is 0. The van der Waals surface area contributed by atoms with Gasteiger partial charge < -0.3 is 0 Å². The highest BCUT2D eigenvalue weighted by molar-refractivity contribution is 6.19. The van der Waals surface area contributed by atoms with Crippen LogP contribution in [-0.2, 0) is 9.59 Å². The lowest BCUT2D eigenvalue weighted by molar-refractivity contribution is -0.115.